The molecule has 0 saturated carbocycles. The van der Waals surface area contributed by atoms with Crippen LogP contribution in [0.5, 0.6) is 0 Å². The summed E-state index contributed by atoms with van der Waals surface area (Å²) in [4.78, 5) is 1.30. The molecule has 2 aromatic rings. The van der Waals surface area contributed by atoms with Crippen molar-refractivity contribution in [3.05, 3.63) is 46.6 Å². The minimum Gasteiger partial charge on any atom is -0.326 e. The smallest absolute Gasteiger partial charge is 0.167 e. The highest BCUT2D eigenvalue weighted by atomic mass is 32.1. The van der Waals surface area contributed by atoms with Gasteiger partial charge < -0.3 is 5.73 Å². The van der Waals surface area contributed by atoms with Gasteiger partial charge in [-0.05, 0) is 18.2 Å². The van der Waals surface area contributed by atoms with Crippen molar-refractivity contribution in [2.45, 2.75) is 6.54 Å². The van der Waals surface area contributed by atoms with Crippen molar-refractivity contribution < 1.29 is 13.2 Å². The van der Waals surface area contributed by atoms with Gasteiger partial charge in [0.15, 0.2) is 11.6 Å². The van der Waals surface area contributed by atoms with E-state index in [2.05, 4.69) is 0 Å². The van der Waals surface area contributed by atoms with Crippen LogP contribution < -0.4 is 5.73 Å². The first-order chi connectivity index (χ1) is 7.61. The van der Waals surface area contributed by atoms with Crippen molar-refractivity contribution >= 4 is 11.3 Å². The monoisotopic (exact) mass is 243 g/mol. The van der Waals surface area contributed by atoms with E-state index in [1.807, 2.05) is 0 Å². The van der Waals surface area contributed by atoms with Gasteiger partial charge in [-0.1, -0.05) is 0 Å². The summed E-state index contributed by atoms with van der Waals surface area (Å²) >= 11 is 1.22. The lowest BCUT2D eigenvalue weighted by atomic mass is 10.1. The molecule has 0 aliphatic carbocycles. The third-order valence-electron chi connectivity index (χ3n) is 2.12. The Hall–Kier alpha value is -1.33. The van der Waals surface area contributed by atoms with Gasteiger partial charge in [-0.15, -0.1) is 11.3 Å². The molecular formula is C11H8F3NS. The zero-order valence-electron chi connectivity index (χ0n) is 8.14. The fourth-order valence-corrected chi connectivity index (χ4v) is 2.26. The second-order valence-corrected chi connectivity index (χ2v) is 4.39. The van der Waals surface area contributed by atoms with Crippen LogP contribution >= 0.6 is 11.3 Å². The van der Waals surface area contributed by atoms with Gasteiger partial charge in [0.2, 0.25) is 0 Å². The van der Waals surface area contributed by atoms with E-state index in [4.69, 9.17) is 5.73 Å². The highest BCUT2D eigenvalue weighted by molar-refractivity contribution is 7.15. The molecule has 0 aliphatic rings. The molecule has 0 fully saturated rings. The summed E-state index contributed by atoms with van der Waals surface area (Å²) in [5.41, 5.74) is 5.34. The molecule has 1 aromatic heterocycles. The summed E-state index contributed by atoms with van der Waals surface area (Å²) < 4.78 is 39.3. The Bertz CT molecular complexity index is 522. The standard InChI is InChI=1S/C11H8F3NS/c12-6-3-8(11(14)9(13)4-6)10-2-1-7(5-15)16-10/h1-4H,5,15H2. The fourth-order valence-electron chi connectivity index (χ4n) is 1.37. The van der Waals surface area contributed by atoms with Crippen LogP contribution in [0.2, 0.25) is 0 Å². The van der Waals surface area contributed by atoms with E-state index in [1.54, 1.807) is 12.1 Å². The van der Waals surface area contributed by atoms with Gasteiger partial charge in [0.05, 0.1) is 0 Å². The van der Waals surface area contributed by atoms with E-state index >= 15 is 0 Å². The van der Waals surface area contributed by atoms with E-state index in [0.717, 1.165) is 10.9 Å². The average molecular weight is 243 g/mol. The molecule has 0 saturated heterocycles. The highest BCUT2D eigenvalue weighted by Gasteiger charge is 2.14. The Labute approximate surface area is 94.3 Å². The first-order valence-electron chi connectivity index (χ1n) is 4.55. The van der Waals surface area contributed by atoms with Crippen molar-refractivity contribution in [2.24, 2.45) is 5.73 Å². The van der Waals surface area contributed by atoms with Crippen LogP contribution in [0, 0.1) is 17.5 Å². The third-order valence-corrected chi connectivity index (χ3v) is 3.26. The molecule has 0 spiro atoms. The molecule has 2 rings (SSSR count). The van der Waals surface area contributed by atoms with E-state index in [1.165, 1.54) is 11.3 Å². The first kappa shape index (κ1) is 11.2. The Morgan fingerprint density at radius 1 is 1.12 bits per heavy atom. The number of nitrogens with two attached hydrogens (primary N) is 1. The summed E-state index contributed by atoms with van der Waals surface area (Å²) in [6.45, 7) is 0.323. The Morgan fingerprint density at radius 2 is 1.88 bits per heavy atom. The second kappa shape index (κ2) is 4.27. The number of hydrogen-bond acceptors (Lipinski definition) is 2. The molecule has 0 unspecified atom stereocenters. The lowest BCUT2D eigenvalue weighted by Gasteiger charge is -2.01. The van der Waals surface area contributed by atoms with Gasteiger partial charge in [-0.25, -0.2) is 13.2 Å². The van der Waals surface area contributed by atoms with Crippen molar-refractivity contribution in [1.29, 1.82) is 0 Å². The molecule has 5 heteroatoms. The van der Waals surface area contributed by atoms with Crippen LogP contribution in [0.25, 0.3) is 10.4 Å². The summed E-state index contributed by atoms with van der Waals surface area (Å²) in [7, 11) is 0. The van der Waals surface area contributed by atoms with Crippen molar-refractivity contribution in [3.8, 4) is 10.4 Å². The van der Waals surface area contributed by atoms with Crippen LogP contribution in [0.15, 0.2) is 24.3 Å². The van der Waals surface area contributed by atoms with Gasteiger partial charge >= 0.3 is 0 Å². The molecule has 2 N–H and O–H groups in total. The molecule has 1 aromatic carbocycles. The van der Waals surface area contributed by atoms with E-state index < -0.39 is 17.5 Å². The maximum Gasteiger partial charge on any atom is 0.167 e. The topological polar surface area (TPSA) is 26.0 Å². The summed E-state index contributed by atoms with van der Waals surface area (Å²) in [6, 6.07) is 4.81. The molecule has 84 valence electrons. The minimum atomic E-state index is -1.18. The van der Waals surface area contributed by atoms with Crippen LogP contribution in [-0.4, -0.2) is 0 Å². The largest absolute Gasteiger partial charge is 0.326 e. The molecule has 16 heavy (non-hydrogen) atoms. The van der Waals surface area contributed by atoms with Gasteiger partial charge in [0.1, 0.15) is 5.82 Å². The van der Waals surface area contributed by atoms with Crippen molar-refractivity contribution in [2.75, 3.05) is 0 Å². The van der Waals surface area contributed by atoms with Crippen LogP contribution in [-0.2, 0) is 6.54 Å². The van der Waals surface area contributed by atoms with Gasteiger partial charge in [-0.3, -0.25) is 0 Å². The van der Waals surface area contributed by atoms with Crippen LogP contribution in [0.1, 0.15) is 4.88 Å². The molecular weight excluding hydrogens is 235 g/mol. The molecule has 0 amide bonds. The van der Waals surface area contributed by atoms with Gasteiger partial charge in [0, 0.05) is 27.9 Å². The summed E-state index contributed by atoms with van der Waals surface area (Å²) in [5, 5.41) is 0. The zero-order valence-corrected chi connectivity index (χ0v) is 8.95. The molecule has 0 bridgehead atoms. The highest BCUT2D eigenvalue weighted by Crippen LogP contribution is 2.31. The lowest BCUT2D eigenvalue weighted by Crippen LogP contribution is -1.91. The number of halogens is 3. The summed E-state index contributed by atoms with van der Waals surface area (Å²) in [5.74, 6) is -3.01. The number of benzene rings is 1. The average Bonchev–Trinajstić information content (AvgIpc) is 2.71. The van der Waals surface area contributed by atoms with Crippen molar-refractivity contribution in [3.63, 3.8) is 0 Å². The van der Waals surface area contributed by atoms with Crippen LogP contribution in [0.3, 0.4) is 0 Å². The molecule has 1 nitrogen and oxygen atoms in total. The predicted molar refractivity (Wildman–Crippen MR) is 57.5 cm³/mol. The van der Waals surface area contributed by atoms with Gasteiger partial charge in [-0.2, -0.15) is 0 Å². The quantitative estimate of drug-likeness (QED) is 0.805. The van der Waals surface area contributed by atoms with Crippen molar-refractivity contribution in [1.82, 2.24) is 0 Å². The van der Waals surface area contributed by atoms with E-state index in [-0.39, 0.29) is 5.56 Å². The van der Waals surface area contributed by atoms with E-state index in [9.17, 15) is 13.2 Å². The Kier molecular flexibility index (Phi) is 2.98. The Morgan fingerprint density at radius 3 is 2.50 bits per heavy atom. The minimum absolute atomic E-state index is 0.0674. The summed E-state index contributed by atoms with van der Waals surface area (Å²) in [6.07, 6.45) is 0. The SMILES string of the molecule is NCc1ccc(-c2cc(F)cc(F)c2F)s1. The number of hydrogen-bond donors (Lipinski definition) is 1. The maximum atomic E-state index is 13.4. The Balaban J connectivity index is 2.54. The lowest BCUT2D eigenvalue weighted by molar-refractivity contribution is 0.498. The molecule has 0 atom stereocenters. The number of rotatable bonds is 2. The molecule has 0 aliphatic heterocycles. The number of thiophene rings is 1. The predicted octanol–water partition coefficient (Wildman–Crippen LogP) is 3.29. The molecule has 1 heterocycles. The zero-order chi connectivity index (χ0) is 11.7. The maximum absolute atomic E-state index is 13.4. The second-order valence-electron chi connectivity index (χ2n) is 3.22. The fraction of sp³-hybridized carbons (Fsp3) is 0.0909. The third kappa shape index (κ3) is 1.96. The first-order valence-corrected chi connectivity index (χ1v) is 5.37. The normalized spacial score (nSPS) is 10.8. The van der Waals surface area contributed by atoms with Crippen LogP contribution in [0.4, 0.5) is 13.2 Å². The molecule has 0 radical (unpaired) electrons. The van der Waals surface area contributed by atoms with E-state index in [0.29, 0.717) is 17.5 Å². The van der Waals surface area contributed by atoms with Gasteiger partial charge in [0.25, 0.3) is 0 Å².